The molecule has 3 nitrogen and oxygen atoms in total. The smallest absolute Gasteiger partial charge is 0.233 e. The summed E-state index contributed by atoms with van der Waals surface area (Å²) in [5, 5.41) is 0. The van der Waals surface area contributed by atoms with Gasteiger partial charge in [-0.15, -0.1) is 11.6 Å². The van der Waals surface area contributed by atoms with Crippen LogP contribution in [0.3, 0.4) is 0 Å². The first-order valence-corrected chi connectivity index (χ1v) is 7.37. The second-order valence-corrected chi connectivity index (χ2v) is 6.16. The molecule has 0 bridgehead atoms. The highest BCUT2D eigenvalue weighted by Crippen LogP contribution is 2.28. The summed E-state index contributed by atoms with van der Waals surface area (Å²) >= 11 is 5.38. The summed E-state index contributed by atoms with van der Waals surface area (Å²) < 4.78 is 89.5. The fourth-order valence-electron chi connectivity index (χ4n) is 1.31. The van der Waals surface area contributed by atoms with Crippen molar-refractivity contribution < 1.29 is 30.4 Å². The highest BCUT2D eigenvalue weighted by Gasteiger charge is 2.28. The minimum absolute atomic E-state index is 0.0575. The van der Waals surface area contributed by atoms with Gasteiger partial charge in [0.05, 0.1) is 5.75 Å². The van der Waals surface area contributed by atoms with Crippen molar-refractivity contribution in [2.45, 2.75) is 6.92 Å². The number of sulfonamides is 1. The van der Waals surface area contributed by atoms with Crippen LogP contribution in [0.25, 0.3) is 0 Å². The Labute approximate surface area is 116 Å². The van der Waals surface area contributed by atoms with Crippen LogP contribution >= 0.6 is 11.6 Å². The molecule has 0 spiro atoms. The van der Waals surface area contributed by atoms with E-state index in [1.807, 2.05) is 0 Å². The third-order valence-corrected chi connectivity index (χ3v) is 4.28. The standard InChI is InChI=1S/C10H9ClF5NO2S/c1-4(2-11)3-20(18,19)17-10-8(15)6(13)5(12)7(14)9(10)16/h4,17H,2-3H2,1H3. The van der Waals surface area contributed by atoms with E-state index in [4.69, 9.17) is 11.6 Å². The summed E-state index contributed by atoms with van der Waals surface area (Å²) in [4.78, 5) is 0. The van der Waals surface area contributed by atoms with E-state index in [9.17, 15) is 30.4 Å². The molecule has 0 amide bonds. The fourth-order valence-corrected chi connectivity index (χ4v) is 2.99. The van der Waals surface area contributed by atoms with E-state index in [-0.39, 0.29) is 5.88 Å². The average molecular weight is 338 g/mol. The lowest BCUT2D eigenvalue weighted by Crippen LogP contribution is -2.24. The minimum Gasteiger partial charge on any atom is -0.278 e. The molecule has 20 heavy (non-hydrogen) atoms. The van der Waals surface area contributed by atoms with Crippen LogP contribution in [0.5, 0.6) is 0 Å². The number of hydrogen-bond donors (Lipinski definition) is 1. The molecule has 1 N–H and O–H groups in total. The normalized spacial score (nSPS) is 13.3. The highest BCUT2D eigenvalue weighted by atomic mass is 35.5. The lowest BCUT2D eigenvalue weighted by atomic mass is 10.2. The minimum atomic E-state index is -4.31. The van der Waals surface area contributed by atoms with Crippen LogP contribution in [0.2, 0.25) is 0 Å². The number of benzene rings is 1. The lowest BCUT2D eigenvalue weighted by molar-refractivity contribution is 0.382. The summed E-state index contributed by atoms with van der Waals surface area (Å²) in [6, 6.07) is 0. The van der Waals surface area contributed by atoms with Crippen molar-refractivity contribution >= 4 is 27.3 Å². The van der Waals surface area contributed by atoms with Crippen LogP contribution in [0.4, 0.5) is 27.6 Å². The van der Waals surface area contributed by atoms with Gasteiger partial charge >= 0.3 is 0 Å². The number of hydrogen-bond acceptors (Lipinski definition) is 2. The third-order valence-electron chi connectivity index (χ3n) is 2.23. The Bertz CT molecular complexity index is 594. The molecular formula is C10H9ClF5NO2S. The van der Waals surface area contributed by atoms with Gasteiger partial charge in [0.1, 0.15) is 5.69 Å². The quantitative estimate of drug-likeness (QED) is 0.388. The van der Waals surface area contributed by atoms with E-state index >= 15 is 0 Å². The van der Waals surface area contributed by atoms with Crippen molar-refractivity contribution in [3.8, 4) is 0 Å². The molecule has 114 valence electrons. The van der Waals surface area contributed by atoms with Crippen molar-refractivity contribution in [3.63, 3.8) is 0 Å². The van der Waals surface area contributed by atoms with Crippen LogP contribution < -0.4 is 4.72 Å². The van der Waals surface area contributed by atoms with Crippen molar-refractivity contribution in [1.29, 1.82) is 0 Å². The Balaban J connectivity index is 3.23. The summed E-state index contributed by atoms with van der Waals surface area (Å²) in [5.74, 6) is -12.6. The van der Waals surface area contributed by atoms with Crippen LogP contribution in [-0.2, 0) is 10.0 Å². The Hall–Kier alpha value is -1.09. The zero-order valence-corrected chi connectivity index (χ0v) is 11.6. The van der Waals surface area contributed by atoms with E-state index in [0.717, 1.165) is 0 Å². The highest BCUT2D eigenvalue weighted by molar-refractivity contribution is 7.92. The second kappa shape index (κ2) is 6.13. The van der Waals surface area contributed by atoms with Gasteiger partial charge in [0.2, 0.25) is 15.8 Å². The van der Waals surface area contributed by atoms with Crippen LogP contribution in [0, 0.1) is 35.0 Å². The van der Waals surface area contributed by atoms with E-state index in [1.54, 1.807) is 0 Å². The molecule has 0 aliphatic rings. The first-order chi connectivity index (χ1) is 9.10. The second-order valence-electron chi connectivity index (χ2n) is 4.09. The predicted molar refractivity (Wildman–Crippen MR) is 63.5 cm³/mol. The van der Waals surface area contributed by atoms with Gasteiger partial charge < -0.3 is 0 Å². The molecule has 0 saturated carbocycles. The SMILES string of the molecule is CC(CCl)CS(=O)(=O)Nc1c(F)c(F)c(F)c(F)c1F. The van der Waals surface area contributed by atoms with Crippen LogP contribution in [-0.4, -0.2) is 20.1 Å². The summed E-state index contributed by atoms with van der Waals surface area (Å²) in [5.41, 5.74) is -1.61. The first kappa shape index (κ1) is 17.0. The van der Waals surface area contributed by atoms with Crippen molar-refractivity contribution in [3.05, 3.63) is 29.1 Å². The molecule has 0 saturated heterocycles. The molecule has 1 rings (SSSR count). The molecule has 0 radical (unpaired) electrons. The largest absolute Gasteiger partial charge is 0.278 e. The molecule has 0 heterocycles. The molecule has 0 aliphatic carbocycles. The predicted octanol–water partition coefficient (Wildman–Crippen LogP) is 3.00. The number of anilines is 1. The molecule has 1 unspecified atom stereocenters. The first-order valence-electron chi connectivity index (χ1n) is 5.18. The number of halogens is 6. The molecule has 0 aromatic heterocycles. The van der Waals surface area contributed by atoms with Crippen molar-refractivity contribution in [2.24, 2.45) is 5.92 Å². The lowest BCUT2D eigenvalue weighted by Gasteiger charge is -2.13. The third kappa shape index (κ3) is 3.51. The molecule has 1 aromatic rings. The van der Waals surface area contributed by atoms with Crippen LogP contribution in [0.1, 0.15) is 6.92 Å². The maximum absolute atomic E-state index is 13.3. The summed E-state index contributed by atoms with van der Waals surface area (Å²) in [7, 11) is -4.31. The van der Waals surface area contributed by atoms with Gasteiger partial charge in [0, 0.05) is 5.88 Å². The summed E-state index contributed by atoms with van der Waals surface area (Å²) in [6.07, 6.45) is 0. The van der Waals surface area contributed by atoms with Gasteiger partial charge in [-0.2, -0.15) is 0 Å². The molecule has 0 fully saturated rings. The number of alkyl halides is 1. The Morgan fingerprint density at radius 3 is 1.80 bits per heavy atom. The maximum atomic E-state index is 13.3. The van der Waals surface area contributed by atoms with Crippen LogP contribution in [0.15, 0.2) is 0 Å². The molecule has 1 atom stereocenters. The monoisotopic (exact) mass is 337 g/mol. The zero-order valence-electron chi connectivity index (χ0n) is 9.98. The van der Waals surface area contributed by atoms with E-state index in [1.165, 1.54) is 11.6 Å². The zero-order chi connectivity index (χ0) is 15.7. The van der Waals surface area contributed by atoms with E-state index in [0.29, 0.717) is 0 Å². The molecule has 1 aromatic carbocycles. The maximum Gasteiger partial charge on any atom is 0.233 e. The number of rotatable bonds is 5. The number of nitrogens with one attached hydrogen (secondary N) is 1. The Morgan fingerprint density at radius 2 is 1.40 bits per heavy atom. The van der Waals surface area contributed by atoms with Gasteiger partial charge in [-0.1, -0.05) is 6.92 Å². The Morgan fingerprint density at radius 1 is 1.00 bits per heavy atom. The van der Waals surface area contributed by atoms with Crippen molar-refractivity contribution in [1.82, 2.24) is 0 Å². The molecular weight excluding hydrogens is 329 g/mol. The average Bonchev–Trinajstić information content (AvgIpc) is 2.38. The van der Waals surface area contributed by atoms with Gasteiger partial charge in [-0.25, -0.2) is 30.4 Å². The molecule has 0 aliphatic heterocycles. The molecule has 10 heteroatoms. The van der Waals surface area contributed by atoms with E-state index < -0.39 is 56.5 Å². The van der Waals surface area contributed by atoms with E-state index in [2.05, 4.69) is 0 Å². The van der Waals surface area contributed by atoms with Crippen molar-refractivity contribution in [2.75, 3.05) is 16.4 Å². The van der Waals surface area contributed by atoms with Gasteiger partial charge in [-0.05, 0) is 5.92 Å². The summed E-state index contributed by atoms with van der Waals surface area (Å²) in [6.45, 7) is 1.44. The van der Waals surface area contributed by atoms with Gasteiger partial charge in [-0.3, -0.25) is 4.72 Å². The van der Waals surface area contributed by atoms with Gasteiger partial charge in [0.15, 0.2) is 23.3 Å². The van der Waals surface area contributed by atoms with Gasteiger partial charge in [0.25, 0.3) is 0 Å². The Kier molecular flexibility index (Phi) is 5.20. The topological polar surface area (TPSA) is 46.2 Å². The fraction of sp³-hybridized carbons (Fsp3) is 0.400.